The first-order valence-electron chi connectivity index (χ1n) is 7.11. The lowest BCUT2D eigenvalue weighted by atomic mass is 9.86. The van der Waals surface area contributed by atoms with Gasteiger partial charge in [0.05, 0.1) is 11.1 Å². The van der Waals surface area contributed by atoms with Crippen LogP contribution in [0.1, 0.15) is 54.0 Å². The predicted octanol–water partition coefficient (Wildman–Crippen LogP) is 4.52. The lowest BCUT2D eigenvalue weighted by Crippen LogP contribution is -2.36. The molecule has 0 N–H and O–H groups in total. The van der Waals surface area contributed by atoms with Gasteiger partial charge in [0.1, 0.15) is 5.82 Å². The quantitative estimate of drug-likeness (QED) is 0.732. The van der Waals surface area contributed by atoms with Crippen molar-refractivity contribution in [1.82, 2.24) is 0 Å². The third-order valence-corrected chi connectivity index (χ3v) is 3.03. The van der Waals surface area contributed by atoms with Crippen LogP contribution in [0.3, 0.4) is 0 Å². The molecule has 1 aromatic carbocycles. The maximum Gasteiger partial charge on any atom is 0.237 e. The van der Waals surface area contributed by atoms with E-state index in [0.717, 1.165) is 5.56 Å². The van der Waals surface area contributed by atoms with E-state index in [1.54, 1.807) is 6.07 Å². The number of hydrogen-bond acceptors (Lipinski definition) is 1. The van der Waals surface area contributed by atoms with Gasteiger partial charge < -0.3 is 4.90 Å². The van der Waals surface area contributed by atoms with Crippen molar-refractivity contribution in [3.8, 4) is 0 Å². The summed E-state index contributed by atoms with van der Waals surface area (Å²) in [6.45, 7) is 14.0. The van der Waals surface area contributed by atoms with Crippen LogP contribution in [0.4, 0.5) is 10.1 Å². The molecule has 0 fully saturated rings. The van der Waals surface area contributed by atoms with E-state index in [2.05, 4.69) is 0 Å². The molecule has 3 heteroatoms. The Hall–Kier alpha value is -1.38. The van der Waals surface area contributed by atoms with E-state index in [4.69, 9.17) is 0 Å². The lowest BCUT2D eigenvalue weighted by Gasteiger charge is -2.18. The van der Waals surface area contributed by atoms with Crippen molar-refractivity contribution < 1.29 is 9.18 Å². The van der Waals surface area contributed by atoms with Crippen LogP contribution in [0.15, 0.2) is 18.2 Å². The van der Waals surface area contributed by atoms with Gasteiger partial charge in [-0.05, 0) is 32.4 Å². The fraction of sp³-hybridized carbons (Fsp3) is 0.562. The second kappa shape index (κ2) is 7.27. The molecular weight excluding hydrogens is 241 g/mol. The van der Waals surface area contributed by atoms with Gasteiger partial charge in [0.15, 0.2) is 0 Å². The number of carbonyl (C=O) groups is 1. The summed E-state index contributed by atoms with van der Waals surface area (Å²) < 4.78 is 13.7. The standard InChI is InChI=1S/C12H14FNO.2C2H6/c1-4-14-10-8(6-5-7-9(10)13)12(2,3)11(14)15;2*1-2/h5-7H,4H2,1-3H3;2*1-2H3. The number of para-hydroxylation sites is 1. The minimum absolute atomic E-state index is 0.0231. The summed E-state index contributed by atoms with van der Waals surface area (Å²) in [4.78, 5) is 13.5. The highest BCUT2D eigenvalue weighted by molar-refractivity contribution is 6.07. The second-order valence-corrected chi connectivity index (χ2v) is 4.31. The molecule has 1 aromatic rings. The smallest absolute Gasteiger partial charge is 0.237 e. The highest BCUT2D eigenvalue weighted by atomic mass is 19.1. The minimum atomic E-state index is -0.604. The fourth-order valence-electron chi connectivity index (χ4n) is 2.15. The van der Waals surface area contributed by atoms with Gasteiger partial charge in [0.25, 0.3) is 0 Å². The molecular formula is C16H26FNO. The van der Waals surface area contributed by atoms with Crippen molar-refractivity contribution >= 4 is 11.6 Å². The predicted molar refractivity (Wildman–Crippen MR) is 80.1 cm³/mol. The molecule has 1 amide bonds. The van der Waals surface area contributed by atoms with Crippen LogP contribution < -0.4 is 4.90 Å². The number of benzene rings is 1. The zero-order valence-electron chi connectivity index (χ0n) is 13.2. The topological polar surface area (TPSA) is 20.3 Å². The van der Waals surface area contributed by atoms with Crippen LogP contribution in [0.2, 0.25) is 0 Å². The zero-order chi connectivity index (χ0) is 15.2. The van der Waals surface area contributed by atoms with E-state index in [1.165, 1.54) is 11.0 Å². The molecule has 2 nitrogen and oxygen atoms in total. The van der Waals surface area contributed by atoms with Crippen LogP contribution in [0.5, 0.6) is 0 Å². The van der Waals surface area contributed by atoms with Crippen molar-refractivity contribution in [2.75, 3.05) is 11.4 Å². The Kier molecular flexibility index (Phi) is 6.74. The van der Waals surface area contributed by atoms with Gasteiger partial charge in [-0.15, -0.1) is 0 Å². The van der Waals surface area contributed by atoms with Crippen LogP contribution >= 0.6 is 0 Å². The molecule has 0 atom stereocenters. The molecule has 0 aliphatic carbocycles. The second-order valence-electron chi connectivity index (χ2n) is 4.31. The molecule has 0 unspecified atom stereocenters. The molecule has 108 valence electrons. The number of fused-ring (bicyclic) bond motifs is 1. The maximum absolute atomic E-state index is 13.7. The number of hydrogen-bond donors (Lipinski definition) is 0. The molecule has 2 rings (SSSR count). The number of nitrogens with zero attached hydrogens (tertiary/aromatic N) is 1. The van der Waals surface area contributed by atoms with Crippen molar-refractivity contribution in [2.24, 2.45) is 0 Å². The Morgan fingerprint density at radius 1 is 1.16 bits per heavy atom. The van der Waals surface area contributed by atoms with Gasteiger partial charge in [0, 0.05) is 6.54 Å². The van der Waals surface area contributed by atoms with Crippen molar-refractivity contribution in [3.05, 3.63) is 29.6 Å². The van der Waals surface area contributed by atoms with Gasteiger partial charge in [-0.1, -0.05) is 39.8 Å². The van der Waals surface area contributed by atoms with E-state index >= 15 is 0 Å². The Bertz CT molecular complexity index is 427. The Labute approximate surface area is 116 Å². The van der Waals surface area contributed by atoms with Gasteiger partial charge in [-0.3, -0.25) is 4.79 Å². The highest BCUT2D eigenvalue weighted by Crippen LogP contribution is 2.42. The minimum Gasteiger partial charge on any atom is -0.309 e. The summed E-state index contributed by atoms with van der Waals surface area (Å²) in [5.41, 5.74) is 0.636. The van der Waals surface area contributed by atoms with Gasteiger partial charge >= 0.3 is 0 Å². The average molecular weight is 267 g/mol. The Morgan fingerprint density at radius 2 is 1.68 bits per heavy atom. The molecule has 0 saturated carbocycles. The molecule has 1 heterocycles. The summed E-state index contributed by atoms with van der Waals surface area (Å²) >= 11 is 0. The number of halogens is 1. The number of amides is 1. The van der Waals surface area contributed by atoms with E-state index in [9.17, 15) is 9.18 Å². The van der Waals surface area contributed by atoms with Crippen molar-refractivity contribution in [2.45, 2.75) is 53.9 Å². The lowest BCUT2D eigenvalue weighted by molar-refractivity contribution is -0.122. The van der Waals surface area contributed by atoms with Gasteiger partial charge in [0.2, 0.25) is 5.91 Å². The number of rotatable bonds is 1. The largest absolute Gasteiger partial charge is 0.309 e. The maximum atomic E-state index is 13.7. The third kappa shape index (κ3) is 2.96. The van der Waals surface area contributed by atoms with Crippen LogP contribution in [-0.2, 0) is 10.2 Å². The molecule has 0 radical (unpaired) electrons. The third-order valence-electron chi connectivity index (χ3n) is 3.03. The van der Waals surface area contributed by atoms with E-state index in [1.807, 2.05) is 54.5 Å². The molecule has 0 aromatic heterocycles. The first kappa shape index (κ1) is 17.6. The van der Waals surface area contributed by atoms with Crippen molar-refractivity contribution in [3.63, 3.8) is 0 Å². The molecule has 0 saturated heterocycles. The fourth-order valence-corrected chi connectivity index (χ4v) is 2.15. The summed E-state index contributed by atoms with van der Waals surface area (Å²) in [7, 11) is 0. The Morgan fingerprint density at radius 3 is 2.16 bits per heavy atom. The summed E-state index contributed by atoms with van der Waals surface area (Å²) in [5.74, 6) is -0.335. The summed E-state index contributed by atoms with van der Waals surface area (Å²) in [6.07, 6.45) is 0. The van der Waals surface area contributed by atoms with E-state index in [0.29, 0.717) is 12.2 Å². The van der Waals surface area contributed by atoms with Crippen molar-refractivity contribution in [1.29, 1.82) is 0 Å². The molecule has 19 heavy (non-hydrogen) atoms. The number of likely N-dealkylation sites (N-methyl/N-ethyl adjacent to an activating group) is 1. The summed E-state index contributed by atoms with van der Waals surface area (Å²) in [6, 6.07) is 4.88. The molecule has 1 aliphatic heterocycles. The number of carbonyl (C=O) groups excluding carboxylic acids is 1. The molecule has 0 spiro atoms. The monoisotopic (exact) mass is 267 g/mol. The van der Waals surface area contributed by atoms with E-state index < -0.39 is 5.41 Å². The van der Waals surface area contributed by atoms with Crippen LogP contribution in [0.25, 0.3) is 0 Å². The molecule has 1 aliphatic rings. The Balaban J connectivity index is 0.000000741. The van der Waals surface area contributed by atoms with Gasteiger partial charge in [-0.25, -0.2) is 4.39 Å². The van der Waals surface area contributed by atoms with E-state index in [-0.39, 0.29) is 11.7 Å². The van der Waals surface area contributed by atoms with Gasteiger partial charge in [-0.2, -0.15) is 0 Å². The first-order chi connectivity index (χ1) is 9.00. The normalized spacial score (nSPS) is 14.9. The zero-order valence-corrected chi connectivity index (χ0v) is 13.2. The summed E-state index contributed by atoms with van der Waals surface area (Å²) in [5, 5.41) is 0. The first-order valence-corrected chi connectivity index (χ1v) is 7.11. The van der Waals surface area contributed by atoms with Crippen LogP contribution in [-0.4, -0.2) is 12.5 Å². The molecule has 0 bridgehead atoms. The highest BCUT2D eigenvalue weighted by Gasteiger charge is 2.44. The average Bonchev–Trinajstić information content (AvgIpc) is 2.64. The van der Waals surface area contributed by atoms with Crippen LogP contribution in [0, 0.1) is 5.82 Å². The number of anilines is 1. The SMILES string of the molecule is CC.CC.CCN1C(=O)C(C)(C)c2cccc(F)c21.